The van der Waals surface area contributed by atoms with Gasteiger partial charge in [0.15, 0.2) is 0 Å². The first-order valence-electron chi connectivity index (χ1n) is 5.77. The summed E-state index contributed by atoms with van der Waals surface area (Å²) in [6.07, 6.45) is 5.58. The van der Waals surface area contributed by atoms with Crippen molar-refractivity contribution in [2.45, 2.75) is 37.8 Å². The zero-order valence-electron chi connectivity index (χ0n) is 9.56. The number of nitrogens with zero attached hydrogens (tertiary/aromatic N) is 2. The monoisotopic (exact) mass is 223 g/mol. The highest BCUT2D eigenvalue weighted by molar-refractivity contribution is 5.38. The van der Waals surface area contributed by atoms with Crippen LogP contribution < -0.4 is 10.6 Å². The van der Waals surface area contributed by atoms with Gasteiger partial charge in [0.05, 0.1) is 6.20 Å². The van der Waals surface area contributed by atoms with E-state index in [1.54, 1.807) is 6.07 Å². The van der Waals surface area contributed by atoms with Gasteiger partial charge in [-0.3, -0.25) is 0 Å². The predicted octanol–water partition coefficient (Wildman–Crippen LogP) is 1.93. The van der Waals surface area contributed by atoms with Gasteiger partial charge in [-0.05, 0) is 37.8 Å². The van der Waals surface area contributed by atoms with Crippen LogP contribution in [0.25, 0.3) is 0 Å². The quantitative estimate of drug-likeness (QED) is 0.833. The molecule has 88 valence electrons. The van der Waals surface area contributed by atoms with Gasteiger partial charge in [-0.1, -0.05) is 0 Å². The standard InChI is InChI=1S/C12H18FN3/c1-16(11-5-3-10(14)4-6-11)12-7-2-9(13)8-15-12/h2,7-8,10-11H,3-6,14H2,1H3. The van der Waals surface area contributed by atoms with Crippen molar-refractivity contribution in [1.29, 1.82) is 0 Å². The summed E-state index contributed by atoms with van der Waals surface area (Å²) in [6, 6.07) is 4.01. The molecule has 0 aliphatic heterocycles. The van der Waals surface area contributed by atoms with Crippen molar-refractivity contribution in [3.63, 3.8) is 0 Å². The molecule has 3 nitrogen and oxygen atoms in total. The average molecular weight is 223 g/mol. The molecule has 0 aromatic carbocycles. The first-order chi connectivity index (χ1) is 7.66. The molecule has 1 saturated carbocycles. The first kappa shape index (κ1) is 11.3. The third kappa shape index (κ3) is 2.50. The molecule has 0 amide bonds. The molecular weight excluding hydrogens is 205 g/mol. The van der Waals surface area contributed by atoms with Crippen LogP contribution in [-0.4, -0.2) is 24.1 Å². The topological polar surface area (TPSA) is 42.2 Å². The Morgan fingerprint density at radius 3 is 2.56 bits per heavy atom. The number of rotatable bonds is 2. The maximum absolute atomic E-state index is 12.7. The number of aromatic nitrogens is 1. The Bertz CT molecular complexity index is 331. The van der Waals surface area contributed by atoms with Crippen molar-refractivity contribution in [2.24, 2.45) is 5.73 Å². The Hall–Kier alpha value is -1.16. The Morgan fingerprint density at radius 2 is 2.00 bits per heavy atom. The summed E-state index contributed by atoms with van der Waals surface area (Å²) in [7, 11) is 2.02. The lowest BCUT2D eigenvalue weighted by Crippen LogP contribution is -2.39. The van der Waals surface area contributed by atoms with Crippen LogP contribution in [0.5, 0.6) is 0 Å². The minimum absolute atomic E-state index is 0.289. The maximum Gasteiger partial charge on any atom is 0.141 e. The van der Waals surface area contributed by atoms with E-state index in [9.17, 15) is 4.39 Å². The Kier molecular flexibility index (Phi) is 3.39. The number of pyridine rings is 1. The smallest absolute Gasteiger partial charge is 0.141 e. The van der Waals surface area contributed by atoms with Crippen molar-refractivity contribution >= 4 is 5.82 Å². The Labute approximate surface area is 95.5 Å². The molecule has 2 N–H and O–H groups in total. The van der Waals surface area contributed by atoms with E-state index in [4.69, 9.17) is 5.73 Å². The van der Waals surface area contributed by atoms with Crippen LogP contribution >= 0.6 is 0 Å². The maximum atomic E-state index is 12.7. The Balaban J connectivity index is 2.01. The van der Waals surface area contributed by atoms with Gasteiger partial charge < -0.3 is 10.6 Å². The fourth-order valence-corrected chi connectivity index (χ4v) is 2.25. The average Bonchev–Trinajstić information content (AvgIpc) is 2.30. The van der Waals surface area contributed by atoms with E-state index in [0.717, 1.165) is 31.5 Å². The van der Waals surface area contributed by atoms with Gasteiger partial charge in [0.2, 0.25) is 0 Å². The highest BCUT2D eigenvalue weighted by Crippen LogP contribution is 2.24. The lowest BCUT2D eigenvalue weighted by molar-refractivity contribution is 0.383. The molecule has 0 unspecified atom stereocenters. The van der Waals surface area contributed by atoms with Crippen LogP contribution in [0.4, 0.5) is 10.2 Å². The van der Waals surface area contributed by atoms with E-state index in [1.165, 1.54) is 12.3 Å². The van der Waals surface area contributed by atoms with E-state index in [2.05, 4.69) is 9.88 Å². The molecule has 0 saturated heterocycles. The molecule has 4 heteroatoms. The van der Waals surface area contributed by atoms with Gasteiger partial charge >= 0.3 is 0 Å². The zero-order valence-corrected chi connectivity index (χ0v) is 9.56. The molecule has 0 spiro atoms. The van der Waals surface area contributed by atoms with Crippen molar-refractivity contribution in [2.75, 3.05) is 11.9 Å². The third-order valence-electron chi connectivity index (χ3n) is 3.36. The second-order valence-electron chi connectivity index (χ2n) is 4.51. The summed E-state index contributed by atoms with van der Waals surface area (Å²) in [5.74, 6) is 0.546. The summed E-state index contributed by atoms with van der Waals surface area (Å²) in [5, 5.41) is 0. The second-order valence-corrected chi connectivity index (χ2v) is 4.51. The van der Waals surface area contributed by atoms with Crippen molar-refractivity contribution in [3.8, 4) is 0 Å². The van der Waals surface area contributed by atoms with Crippen molar-refractivity contribution in [1.82, 2.24) is 4.98 Å². The van der Waals surface area contributed by atoms with E-state index in [1.807, 2.05) is 7.05 Å². The molecule has 1 heterocycles. The van der Waals surface area contributed by atoms with Crippen LogP contribution in [0.2, 0.25) is 0 Å². The number of nitrogens with two attached hydrogens (primary N) is 1. The van der Waals surface area contributed by atoms with Crippen LogP contribution in [0.1, 0.15) is 25.7 Å². The third-order valence-corrected chi connectivity index (χ3v) is 3.36. The molecule has 0 atom stereocenters. The van der Waals surface area contributed by atoms with Crippen molar-refractivity contribution in [3.05, 3.63) is 24.1 Å². The molecule has 2 rings (SSSR count). The molecule has 1 aliphatic rings. The van der Waals surface area contributed by atoms with Gasteiger partial charge in [-0.25, -0.2) is 9.37 Å². The molecule has 16 heavy (non-hydrogen) atoms. The van der Waals surface area contributed by atoms with Gasteiger partial charge in [-0.2, -0.15) is 0 Å². The molecule has 1 fully saturated rings. The molecule has 1 aliphatic carbocycles. The predicted molar refractivity (Wildman–Crippen MR) is 62.8 cm³/mol. The van der Waals surface area contributed by atoms with Crippen LogP contribution in [0.3, 0.4) is 0 Å². The molecule has 0 bridgehead atoms. The van der Waals surface area contributed by atoms with Gasteiger partial charge in [0.1, 0.15) is 11.6 Å². The molecule has 0 radical (unpaired) electrons. The van der Waals surface area contributed by atoms with E-state index in [0.29, 0.717) is 12.1 Å². The van der Waals surface area contributed by atoms with Gasteiger partial charge in [-0.15, -0.1) is 0 Å². The van der Waals surface area contributed by atoms with Gasteiger partial charge in [0.25, 0.3) is 0 Å². The molecular formula is C12H18FN3. The summed E-state index contributed by atoms with van der Waals surface area (Å²) in [5.41, 5.74) is 5.87. The number of hydrogen-bond acceptors (Lipinski definition) is 3. The summed E-state index contributed by atoms with van der Waals surface area (Å²) >= 11 is 0. The zero-order chi connectivity index (χ0) is 11.5. The summed E-state index contributed by atoms with van der Waals surface area (Å²) < 4.78 is 12.7. The molecule has 1 aromatic rings. The van der Waals surface area contributed by atoms with E-state index in [-0.39, 0.29) is 5.82 Å². The molecule has 1 aromatic heterocycles. The number of anilines is 1. The lowest BCUT2D eigenvalue weighted by atomic mass is 9.91. The fourth-order valence-electron chi connectivity index (χ4n) is 2.25. The van der Waals surface area contributed by atoms with Crippen molar-refractivity contribution < 1.29 is 4.39 Å². The fraction of sp³-hybridized carbons (Fsp3) is 0.583. The minimum Gasteiger partial charge on any atom is -0.357 e. The van der Waals surface area contributed by atoms with Gasteiger partial charge in [0, 0.05) is 19.1 Å². The largest absolute Gasteiger partial charge is 0.357 e. The number of hydrogen-bond donors (Lipinski definition) is 1. The normalized spacial score (nSPS) is 25.4. The van der Waals surface area contributed by atoms with Crippen LogP contribution in [0.15, 0.2) is 18.3 Å². The minimum atomic E-state index is -0.289. The van der Waals surface area contributed by atoms with E-state index < -0.39 is 0 Å². The highest BCUT2D eigenvalue weighted by atomic mass is 19.1. The summed E-state index contributed by atoms with van der Waals surface area (Å²) in [6.45, 7) is 0. The summed E-state index contributed by atoms with van der Waals surface area (Å²) in [4.78, 5) is 6.22. The highest BCUT2D eigenvalue weighted by Gasteiger charge is 2.22. The first-order valence-corrected chi connectivity index (χ1v) is 5.77. The SMILES string of the molecule is CN(c1ccc(F)cn1)C1CCC(N)CC1. The lowest BCUT2D eigenvalue weighted by Gasteiger charge is -2.34. The van der Waals surface area contributed by atoms with Crippen LogP contribution in [0, 0.1) is 5.82 Å². The van der Waals surface area contributed by atoms with E-state index >= 15 is 0 Å². The Morgan fingerprint density at radius 1 is 1.31 bits per heavy atom. The second kappa shape index (κ2) is 4.78. The van der Waals surface area contributed by atoms with Crippen LogP contribution in [-0.2, 0) is 0 Å². The number of halogens is 1.